The van der Waals surface area contributed by atoms with Gasteiger partial charge in [0.1, 0.15) is 12.4 Å². The van der Waals surface area contributed by atoms with Crippen LogP contribution in [0.25, 0.3) is 0 Å². The largest absolute Gasteiger partial charge is 0.488 e. The van der Waals surface area contributed by atoms with Gasteiger partial charge in [-0.2, -0.15) is 0 Å². The van der Waals surface area contributed by atoms with E-state index in [9.17, 15) is 24.3 Å². The van der Waals surface area contributed by atoms with E-state index in [0.717, 1.165) is 36.8 Å². The van der Waals surface area contributed by atoms with Crippen molar-refractivity contribution in [1.82, 2.24) is 14.4 Å². The van der Waals surface area contributed by atoms with Gasteiger partial charge >= 0.3 is 5.97 Å². The minimum absolute atomic E-state index is 0.0299. The highest BCUT2D eigenvalue weighted by Gasteiger charge is 2.55. The van der Waals surface area contributed by atoms with Crippen molar-refractivity contribution in [1.29, 1.82) is 0 Å². The fourth-order valence-corrected chi connectivity index (χ4v) is 7.94. The van der Waals surface area contributed by atoms with E-state index < -0.39 is 23.3 Å². The van der Waals surface area contributed by atoms with Crippen LogP contribution >= 0.6 is 11.6 Å². The number of hydrogen-bond donors (Lipinski definition) is 1. The maximum absolute atomic E-state index is 14.5. The van der Waals surface area contributed by atoms with Crippen LogP contribution in [0.5, 0.6) is 5.75 Å². The molecule has 230 valence electrons. The zero-order valence-electron chi connectivity index (χ0n) is 25.1. The fraction of sp³-hybridized carbons (Fsp3) is 0.576. The Morgan fingerprint density at radius 3 is 2.63 bits per heavy atom. The van der Waals surface area contributed by atoms with Gasteiger partial charge in [-0.3, -0.25) is 19.2 Å². The third-order valence-electron chi connectivity index (χ3n) is 10.6. The summed E-state index contributed by atoms with van der Waals surface area (Å²) in [6.45, 7) is 4.72. The number of carbonyl (C=O) groups is 3. The summed E-state index contributed by atoms with van der Waals surface area (Å²) >= 11 is 6.78. The monoisotopic (exact) mass is 609 g/mol. The number of amides is 2. The smallest absolute Gasteiger partial charge is 0.310 e. The van der Waals surface area contributed by atoms with Crippen LogP contribution in [0.3, 0.4) is 0 Å². The second kappa shape index (κ2) is 11.0. The summed E-state index contributed by atoms with van der Waals surface area (Å²) in [5.41, 5.74) is 0.806. The number of carboxylic acids is 1. The lowest BCUT2D eigenvalue weighted by Crippen LogP contribution is -2.55. The molecule has 2 aromatic rings. The van der Waals surface area contributed by atoms with E-state index in [-0.39, 0.29) is 35.4 Å². The molecule has 1 N–H and O–H groups in total. The number of ether oxygens (including phenoxy) is 1. The summed E-state index contributed by atoms with van der Waals surface area (Å²) in [4.78, 5) is 56.9. The van der Waals surface area contributed by atoms with Crippen molar-refractivity contribution in [2.24, 2.45) is 23.8 Å². The van der Waals surface area contributed by atoms with Crippen molar-refractivity contribution < 1.29 is 24.2 Å². The quantitative estimate of drug-likeness (QED) is 0.486. The van der Waals surface area contributed by atoms with E-state index in [4.69, 9.17) is 16.3 Å². The molecule has 2 saturated carbocycles. The van der Waals surface area contributed by atoms with Crippen LogP contribution in [0.1, 0.15) is 81.5 Å². The van der Waals surface area contributed by atoms with Crippen LogP contribution in [0.15, 0.2) is 35.3 Å². The number of benzene rings is 1. The van der Waals surface area contributed by atoms with E-state index in [0.29, 0.717) is 55.1 Å². The first kappa shape index (κ1) is 29.7. The summed E-state index contributed by atoms with van der Waals surface area (Å²) in [7, 11) is 1.69. The van der Waals surface area contributed by atoms with E-state index >= 15 is 0 Å². The maximum Gasteiger partial charge on any atom is 0.310 e. The Bertz CT molecular complexity index is 1530. The number of aliphatic carboxylic acids is 1. The molecule has 1 spiro atoms. The van der Waals surface area contributed by atoms with E-state index in [1.807, 2.05) is 11.8 Å². The number of carboxylic acid groups (broad SMARTS) is 1. The molecule has 4 aliphatic rings. The first-order valence-electron chi connectivity index (χ1n) is 15.4. The number of likely N-dealkylation sites (tertiary alicyclic amines) is 1. The second-order valence-corrected chi connectivity index (χ2v) is 13.8. The summed E-state index contributed by atoms with van der Waals surface area (Å²) in [5, 5.41) is 10.8. The Hall–Kier alpha value is -3.33. The Kier molecular flexibility index (Phi) is 7.60. The van der Waals surface area contributed by atoms with Crippen molar-refractivity contribution >= 4 is 29.4 Å². The lowest BCUT2D eigenvalue weighted by molar-refractivity contribution is -0.163. The van der Waals surface area contributed by atoms with Crippen LogP contribution in [-0.4, -0.2) is 56.4 Å². The fourth-order valence-electron chi connectivity index (χ4n) is 7.68. The minimum atomic E-state index is -1.16. The number of rotatable bonds is 7. The van der Waals surface area contributed by atoms with Crippen LogP contribution in [-0.2, 0) is 34.5 Å². The Morgan fingerprint density at radius 2 is 1.93 bits per heavy atom. The minimum Gasteiger partial charge on any atom is -0.488 e. The maximum atomic E-state index is 14.5. The molecule has 0 radical (unpaired) electrons. The predicted molar refractivity (Wildman–Crippen MR) is 161 cm³/mol. The molecule has 43 heavy (non-hydrogen) atoms. The molecule has 3 heterocycles. The van der Waals surface area contributed by atoms with E-state index in [2.05, 4.69) is 0 Å². The number of fused-ring (bicyclic) bond motifs is 1. The third-order valence-corrected chi connectivity index (χ3v) is 11.0. The molecule has 10 heteroatoms. The number of hydrogen-bond acceptors (Lipinski definition) is 5. The first-order chi connectivity index (χ1) is 20.5. The van der Waals surface area contributed by atoms with Gasteiger partial charge in [0.25, 0.3) is 5.56 Å². The number of nitrogens with zero attached hydrogens (tertiary/aromatic N) is 3. The van der Waals surface area contributed by atoms with Crippen LogP contribution in [0.2, 0.25) is 5.02 Å². The topological polar surface area (TPSA) is 109 Å². The summed E-state index contributed by atoms with van der Waals surface area (Å²) < 4.78 is 7.85. The predicted octanol–water partition coefficient (Wildman–Crippen LogP) is 4.73. The molecule has 1 saturated heterocycles. The lowest BCUT2D eigenvalue weighted by Gasteiger charge is -2.47. The molecule has 1 aromatic carbocycles. The Labute approximate surface area is 256 Å². The molecule has 9 nitrogen and oxygen atoms in total. The molecule has 2 aliphatic heterocycles. The van der Waals surface area contributed by atoms with E-state index in [1.54, 1.807) is 49.3 Å². The van der Waals surface area contributed by atoms with Gasteiger partial charge in [-0.15, -0.1) is 0 Å². The molecule has 0 unspecified atom stereocenters. The van der Waals surface area contributed by atoms with Gasteiger partial charge in [0.15, 0.2) is 0 Å². The van der Waals surface area contributed by atoms with Crippen molar-refractivity contribution in [2.45, 2.75) is 83.9 Å². The number of carbonyl (C=O) groups excluding carboxylic acids is 2. The molecule has 0 bridgehead atoms. The molecular formula is C33H40ClN3O6. The highest BCUT2D eigenvalue weighted by molar-refractivity contribution is 6.31. The van der Waals surface area contributed by atoms with Gasteiger partial charge in [-0.05, 0) is 81.2 Å². The zero-order valence-corrected chi connectivity index (χ0v) is 25.9. The van der Waals surface area contributed by atoms with Gasteiger partial charge in [-0.25, -0.2) is 0 Å². The summed E-state index contributed by atoms with van der Waals surface area (Å²) in [6.07, 6.45) is 7.25. The van der Waals surface area contributed by atoms with E-state index in [1.165, 1.54) is 4.57 Å². The number of pyridine rings is 1. The Balaban J connectivity index is 1.42. The highest BCUT2D eigenvalue weighted by Crippen LogP contribution is 2.55. The second-order valence-electron chi connectivity index (χ2n) is 13.4. The number of aryl methyl sites for hydroxylation is 1. The molecular weight excluding hydrogens is 570 g/mol. The summed E-state index contributed by atoms with van der Waals surface area (Å²) in [5.74, 6) is -1.22. The molecule has 2 aliphatic carbocycles. The number of halogens is 1. The zero-order chi connectivity index (χ0) is 30.7. The molecule has 1 aromatic heterocycles. The van der Waals surface area contributed by atoms with Gasteiger partial charge in [0, 0.05) is 43.3 Å². The van der Waals surface area contributed by atoms with Gasteiger partial charge in [0.2, 0.25) is 11.8 Å². The third kappa shape index (κ3) is 5.13. The van der Waals surface area contributed by atoms with Gasteiger partial charge in [0.05, 0.1) is 29.0 Å². The summed E-state index contributed by atoms with van der Waals surface area (Å²) in [6, 6.07) is 6.11. The SMILES string of the molecule is C[C@H]([C@@H]1c2c(OCc3cccn(C)c3=O)ccc(Cl)c2CCN1C(=O)[C@@H]1CCCC[C@]1(C)C(=O)O)N1CC2(CC2)CC1=O. The van der Waals surface area contributed by atoms with Gasteiger partial charge in [-0.1, -0.05) is 24.4 Å². The standard InChI is InChI=1S/C33H40ClN3O6/c1-20(37-19-33(13-14-33)17-26(37)38)28-27-22(11-16-36(28)30(40)23-8-4-5-12-32(23,2)31(41)42)24(34)9-10-25(27)43-18-21-7-6-15-35(3)29(21)39/h6-7,9-10,15,20,23,28H,4-5,8,11-14,16-19H2,1-3H3,(H,41,42)/t20-,23+,28-,32+/m1/s1. The average molecular weight is 610 g/mol. The molecule has 6 rings (SSSR count). The van der Waals surface area contributed by atoms with Crippen molar-refractivity contribution in [2.75, 3.05) is 13.1 Å². The molecule has 2 amide bonds. The van der Waals surface area contributed by atoms with Crippen molar-refractivity contribution in [3.8, 4) is 5.75 Å². The number of aromatic nitrogens is 1. The molecule has 4 atom stereocenters. The van der Waals surface area contributed by atoms with Crippen LogP contribution in [0, 0.1) is 16.7 Å². The van der Waals surface area contributed by atoms with Crippen LogP contribution < -0.4 is 10.3 Å². The van der Waals surface area contributed by atoms with Crippen LogP contribution in [0.4, 0.5) is 0 Å². The first-order valence-corrected chi connectivity index (χ1v) is 15.8. The van der Waals surface area contributed by atoms with Crippen molar-refractivity contribution in [3.63, 3.8) is 0 Å². The Morgan fingerprint density at radius 1 is 1.16 bits per heavy atom. The normalized spacial score (nSPS) is 26.7. The molecule has 3 fully saturated rings. The highest BCUT2D eigenvalue weighted by atomic mass is 35.5. The average Bonchev–Trinajstić information content (AvgIpc) is 3.66. The van der Waals surface area contributed by atoms with Gasteiger partial charge < -0.3 is 24.2 Å². The lowest BCUT2D eigenvalue weighted by atomic mass is 9.66. The van der Waals surface area contributed by atoms with Crippen molar-refractivity contribution in [3.05, 3.63) is 62.5 Å².